The predicted octanol–water partition coefficient (Wildman–Crippen LogP) is 2.74. The van der Waals surface area contributed by atoms with Gasteiger partial charge >= 0.3 is 5.69 Å². The highest BCUT2D eigenvalue weighted by atomic mass is 16.2. The normalized spacial score (nSPS) is 22.4. The van der Waals surface area contributed by atoms with Gasteiger partial charge in [0.05, 0.1) is 6.54 Å². The van der Waals surface area contributed by atoms with Gasteiger partial charge in [-0.15, -0.1) is 0 Å². The average Bonchev–Trinajstić information content (AvgIpc) is 3.34. The second-order valence-electron chi connectivity index (χ2n) is 8.75. The van der Waals surface area contributed by atoms with E-state index in [2.05, 4.69) is 4.98 Å². The Bertz CT molecular complexity index is 1030. The quantitative estimate of drug-likeness (QED) is 0.733. The van der Waals surface area contributed by atoms with E-state index in [-0.39, 0.29) is 24.0 Å². The van der Waals surface area contributed by atoms with Crippen molar-refractivity contribution in [3.8, 4) is 0 Å². The zero-order valence-electron chi connectivity index (χ0n) is 17.5. The molecule has 160 valence electrons. The number of nitrogen functional groups attached to an aromatic ring is 1. The number of hydrogen-bond donors (Lipinski definition) is 2. The van der Waals surface area contributed by atoms with Crippen molar-refractivity contribution < 1.29 is 4.79 Å². The maximum absolute atomic E-state index is 13.3. The van der Waals surface area contributed by atoms with Crippen molar-refractivity contribution >= 4 is 17.4 Å². The van der Waals surface area contributed by atoms with Gasteiger partial charge in [-0.05, 0) is 49.0 Å². The van der Waals surface area contributed by atoms with Crippen molar-refractivity contribution in [2.24, 2.45) is 17.8 Å². The first-order chi connectivity index (χ1) is 14.5. The largest absolute Gasteiger partial charge is 0.383 e. The van der Waals surface area contributed by atoms with E-state index in [1.54, 1.807) is 0 Å². The lowest BCUT2D eigenvalue weighted by Gasteiger charge is -2.27. The highest BCUT2D eigenvalue weighted by Crippen LogP contribution is 2.49. The Morgan fingerprint density at radius 1 is 1.20 bits per heavy atom. The van der Waals surface area contributed by atoms with Crippen LogP contribution in [0, 0.1) is 17.8 Å². The Labute approximate surface area is 175 Å². The SMILES string of the molecule is CCCN(C(=O)C[C@@H]1C[C@@H]2CC[C@@H]1C2)c1c(N)n(Cc2ccccc2)c(=O)[nH]c1=O. The lowest BCUT2D eigenvalue weighted by atomic mass is 9.86. The summed E-state index contributed by atoms with van der Waals surface area (Å²) in [6, 6.07) is 9.43. The molecule has 30 heavy (non-hydrogen) atoms. The number of fused-ring (bicyclic) bond motifs is 2. The van der Waals surface area contributed by atoms with Gasteiger partial charge in [0.25, 0.3) is 5.56 Å². The van der Waals surface area contributed by atoms with Gasteiger partial charge in [0.15, 0.2) is 5.69 Å². The van der Waals surface area contributed by atoms with Crippen LogP contribution in [0.2, 0.25) is 0 Å². The summed E-state index contributed by atoms with van der Waals surface area (Å²) in [7, 11) is 0. The highest BCUT2D eigenvalue weighted by molar-refractivity contribution is 5.95. The van der Waals surface area contributed by atoms with E-state index < -0.39 is 11.2 Å². The second-order valence-corrected chi connectivity index (χ2v) is 8.75. The Hall–Kier alpha value is -2.83. The highest BCUT2D eigenvalue weighted by Gasteiger charge is 2.41. The minimum absolute atomic E-state index is 0.0438. The van der Waals surface area contributed by atoms with Crippen LogP contribution >= 0.6 is 0 Å². The Morgan fingerprint density at radius 2 is 1.97 bits per heavy atom. The summed E-state index contributed by atoms with van der Waals surface area (Å²) in [6.45, 7) is 2.59. The summed E-state index contributed by atoms with van der Waals surface area (Å²) in [5.41, 5.74) is 6.14. The standard InChI is InChI=1S/C23H30N4O3/c1-2-10-26(19(28)13-18-12-16-8-9-17(18)11-16)20-21(24)27(23(30)25-22(20)29)14-15-6-4-3-5-7-15/h3-7,16-18H,2,8-14,24H2,1H3,(H,25,29,30)/t16-,17-,18+/m1/s1. The molecule has 3 N–H and O–H groups in total. The maximum atomic E-state index is 13.3. The first kappa shape index (κ1) is 20.4. The molecule has 4 rings (SSSR count). The minimum atomic E-state index is -0.600. The third-order valence-corrected chi connectivity index (χ3v) is 6.74. The molecule has 2 saturated carbocycles. The van der Waals surface area contributed by atoms with Crippen LogP contribution < -0.4 is 21.9 Å². The third-order valence-electron chi connectivity index (χ3n) is 6.74. The molecule has 0 radical (unpaired) electrons. The van der Waals surface area contributed by atoms with E-state index in [0.29, 0.717) is 31.2 Å². The van der Waals surface area contributed by atoms with E-state index in [9.17, 15) is 14.4 Å². The number of carbonyl (C=O) groups is 1. The molecule has 0 aliphatic heterocycles. The summed E-state index contributed by atoms with van der Waals surface area (Å²) < 4.78 is 1.33. The molecule has 0 spiro atoms. The molecule has 2 bridgehead atoms. The van der Waals surface area contributed by atoms with Gasteiger partial charge in [-0.2, -0.15) is 0 Å². The summed E-state index contributed by atoms with van der Waals surface area (Å²) in [5, 5.41) is 0. The second kappa shape index (κ2) is 8.50. The molecule has 2 aliphatic carbocycles. The van der Waals surface area contributed by atoms with Crippen LogP contribution in [-0.2, 0) is 11.3 Å². The molecule has 2 aromatic rings. The summed E-state index contributed by atoms with van der Waals surface area (Å²) in [5.74, 6) is 1.75. The van der Waals surface area contributed by atoms with Crippen molar-refractivity contribution in [2.75, 3.05) is 17.2 Å². The molecule has 1 aromatic carbocycles. The van der Waals surface area contributed by atoms with Crippen molar-refractivity contribution in [1.29, 1.82) is 0 Å². The van der Waals surface area contributed by atoms with Crippen molar-refractivity contribution in [3.63, 3.8) is 0 Å². The number of nitrogens with one attached hydrogen (secondary N) is 1. The van der Waals surface area contributed by atoms with Crippen LogP contribution in [0.15, 0.2) is 39.9 Å². The fourth-order valence-electron chi connectivity index (χ4n) is 5.31. The summed E-state index contributed by atoms with van der Waals surface area (Å²) >= 11 is 0. The number of nitrogens with two attached hydrogens (primary N) is 1. The molecule has 2 fully saturated rings. The van der Waals surface area contributed by atoms with Gasteiger partial charge in [-0.3, -0.25) is 19.1 Å². The monoisotopic (exact) mass is 410 g/mol. The lowest BCUT2D eigenvalue weighted by molar-refractivity contribution is -0.119. The first-order valence-corrected chi connectivity index (χ1v) is 10.9. The number of aromatic amines is 1. The number of carbonyl (C=O) groups excluding carboxylic acids is 1. The topological polar surface area (TPSA) is 101 Å². The molecule has 3 atom stereocenters. The fourth-order valence-corrected chi connectivity index (χ4v) is 5.31. The number of nitrogens with zero attached hydrogens (tertiary/aromatic N) is 2. The number of anilines is 2. The van der Waals surface area contributed by atoms with Gasteiger partial charge < -0.3 is 10.6 Å². The van der Waals surface area contributed by atoms with Gasteiger partial charge in [0.1, 0.15) is 5.82 Å². The van der Waals surface area contributed by atoms with Crippen molar-refractivity contribution in [1.82, 2.24) is 9.55 Å². The van der Waals surface area contributed by atoms with E-state index >= 15 is 0 Å². The molecule has 1 amide bonds. The van der Waals surface area contributed by atoms with Gasteiger partial charge in [-0.1, -0.05) is 43.7 Å². The molecule has 7 nitrogen and oxygen atoms in total. The number of aromatic nitrogens is 2. The van der Waals surface area contributed by atoms with Crippen LogP contribution in [0.3, 0.4) is 0 Å². The van der Waals surface area contributed by atoms with Crippen LogP contribution in [-0.4, -0.2) is 22.0 Å². The van der Waals surface area contributed by atoms with Crippen LogP contribution in [0.4, 0.5) is 11.5 Å². The minimum Gasteiger partial charge on any atom is -0.383 e. The predicted molar refractivity (Wildman–Crippen MR) is 117 cm³/mol. The summed E-state index contributed by atoms with van der Waals surface area (Å²) in [4.78, 5) is 42.3. The van der Waals surface area contributed by atoms with Crippen LogP contribution in [0.5, 0.6) is 0 Å². The third kappa shape index (κ3) is 3.93. The Kier molecular flexibility index (Phi) is 5.79. The van der Waals surface area contributed by atoms with Gasteiger partial charge in [0.2, 0.25) is 5.91 Å². The number of benzene rings is 1. The Morgan fingerprint density at radius 3 is 2.60 bits per heavy atom. The fraction of sp³-hybridized carbons (Fsp3) is 0.522. The van der Waals surface area contributed by atoms with E-state index in [1.807, 2.05) is 37.3 Å². The maximum Gasteiger partial charge on any atom is 0.330 e. The molecule has 7 heteroatoms. The van der Waals surface area contributed by atoms with E-state index in [1.165, 1.54) is 28.7 Å². The number of rotatable bonds is 7. The first-order valence-electron chi connectivity index (χ1n) is 10.9. The Balaban J connectivity index is 1.65. The van der Waals surface area contributed by atoms with Crippen molar-refractivity contribution in [2.45, 2.75) is 52.0 Å². The number of amides is 1. The molecule has 2 aliphatic rings. The van der Waals surface area contributed by atoms with E-state index in [0.717, 1.165) is 17.9 Å². The van der Waals surface area contributed by atoms with Gasteiger partial charge in [-0.25, -0.2) is 4.79 Å². The lowest BCUT2D eigenvalue weighted by Crippen LogP contribution is -2.42. The molecule has 1 aromatic heterocycles. The summed E-state index contributed by atoms with van der Waals surface area (Å²) in [6.07, 6.45) is 5.97. The molecule has 0 saturated heterocycles. The molecular weight excluding hydrogens is 380 g/mol. The zero-order valence-corrected chi connectivity index (χ0v) is 17.5. The van der Waals surface area contributed by atoms with Crippen LogP contribution in [0.1, 0.15) is 51.0 Å². The number of hydrogen-bond acceptors (Lipinski definition) is 4. The molecule has 0 unspecified atom stereocenters. The van der Waals surface area contributed by atoms with Crippen molar-refractivity contribution in [3.05, 3.63) is 56.7 Å². The average molecular weight is 411 g/mol. The molecule has 1 heterocycles. The number of H-pyrrole nitrogens is 1. The van der Waals surface area contributed by atoms with Gasteiger partial charge in [0, 0.05) is 13.0 Å². The molecular formula is C23H30N4O3. The zero-order chi connectivity index (χ0) is 21.3. The van der Waals surface area contributed by atoms with E-state index in [4.69, 9.17) is 5.73 Å². The van der Waals surface area contributed by atoms with Crippen LogP contribution in [0.25, 0.3) is 0 Å². The smallest absolute Gasteiger partial charge is 0.330 e.